The molecule has 1 aromatic rings. The molecule has 0 spiro atoms. The predicted octanol–water partition coefficient (Wildman–Crippen LogP) is 5.99. The highest BCUT2D eigenvalue weighted by molar-refractivity contribution is 9.10. The van der Waals surface area contributed by atoms with Crippen molar-refractivity contribution < 1.29 is 13.2 Å². The van der Waals surface area contributed by atoms with Gasteiger partial charge in [0.15, 0.2) is 0 Å². The van der Waals surface area contributed by atoms with E-state index in [9.17, 15) is 13.2 Å². The fourth-order valence-electron chi connectivity index (χ4n) is 2.67. The number of nitrogens with one attached hydrogen (secondary N) is 1. The van der Waals surface area contributed by atoms with Crippen molar-refractivity contribution in [2.45, 2.75) is 57.2 Å². The van der Waals surface area contributed by atoms with Gasteiger partial charge in [0.25, 0.3) is 0 Å². The molecule has 0 saturated heterocycles. The maximum Gasteiger partial charge on any atom is 0.416 e. The summed E-state index contributed by atoms with van der Waals surface area (Å²) in [7, 11) is 0. The van der Waals surface area contributed by atoms with Gasteiger partial charge in [0.2, 0.25) is 0 Å². The molecule has 2 rings (SSSR count). The number of benzene rings is 1. The van der Waals surface area contributed by atoms with Crippen molar-refractivity contribution in [1.29, 1.82) is 0 Å². The van der Waals surface area contributed by atoms with Crippen molar-refractivity contribution in [2.24, 2.45) is 0 Å². The van der Waals surface area contributed by atoms with E-state index in [0.717, 1.165) is 31.7 Å². The molecule has 0 atom stereocenters. The average Bonchev–Trinajstić information content (AvgIpc) is 2.30. The second-order valence-corrected chi connectivity index (χ2v) is 6.33. The quantitative estimate of drug-likeness (QED) is 0.691. The zero-order chi connectivity index (χ0) is 14.6. The van der Waals surface area contributed by atoms with Crippen LogP contribution in [0.1, 0.15) is 50.5 Å². The largest absolute Gasteiger partial charge is 0.416 e. The molecule has 0 heterocycles. The molecule has 0 aliphatic heterocycles. The van der Waals surface area contributed by atoms with Crippen molar-refractivity contribution in [1.82, 2.24) is 0 Å². The molecule has 1 aliphatic rings. The Bertz CT molecular complexity index is 437. The number of hydrogen-bond donors (Lipinski definition) is 1. The van der Waals surface area contributed by atoms with E-state index in [4.69, 9.17) is 0 Å². The third kappa shape index (κ3) is 4.69. The van der Waals surface area contributed by atoms with E-state index < -0.39 is 11.7 Å². The van der Waals surface area contributed by atoms with Crippen molar-refractivity contribution in [3.8, 4) is 0 Å². The Morgan fingerprint density at radius 1 is 0.950 bits per heavy atom. The van der Waals surface area contributed by atoms with Crippen LogP contribution in [0.25, 0.3) is 0 Å². The summed E-state index contributed by atoms with van der Waals surface area (Å²) in [6.07, 6.45) is 3.80. The maximum absolute atomic E-state index is 12.8. The van der Waals surface area contributed by atoms with Gasteiger partial charge in [0, 0.05) is 16.2 Å². The molecule has 0 aromatic heterocycles. The van der Waals surface area contributed by atoms with Gasteiger partial charge in [-0.15, -0.1) is 0 Å². The molecule has 1 aliphatic carbocycles. The molecule has 20 heavy (non-hydrogen) atoms. The van der Waals surface area contributed by atoms with Crippen molar-refractivity contribution >= 4 is 21.6 Å². The molecule has 1 nitrogen and oxygen atoms in total. The summed E-state index contributed by atoms with van der Waals surface area (Å²) < 4.78 is 38.8. The SMILES string of the molecule is FC(F)(F)c1cc(Br)cc(NC2CCCCCCC2)c1. The van der Waals surface area contributed by atoms with Gasteiger partial charge in [-0.1, -0.05) is 48.0 Å². The van der Waals surface area contributed by atoms with E-state index in [1.807, 2.05) is 0 Å². The number of anilines is 1. The summed E-state index contributed by atoms with van der Waals surface area (Å²) in [5.74, 6) is 0. The summed E-state index contributed by atoms with van der Waals surface area (Å²) in [6, 6.07) is 4.31. The molecule has 0 bridgehead atoms. The van der Waals surface area contributed by atoms with Gasteiger partial charge in [-0.05, 0) is 31.0 Å². The number of hydrogen-bond acceptors (Lipinski definition) is 1. The Morgan fingerprint density at radius 3 is 2.15 bits per heavy atom. The molecular weight excluding hydrogens is 331 g/mol. The number of rotatable bonds is 2. The summed E-state index contributed by atoms with van der Waals surface area (Å²) in [4.78, 5) is 0. The molecule has 1 N–H and O–H groups in total. The third-order valence-electron chi connectivity index (χ3n) is 3.70. The molecule has 0 unspecified atom stereocenters. The Morgan fingerprint density at radius 2 is 1.55 bits per heavy atom. The Balaban J connectivity index is 2.09. The van der Waals surface area contributed by atoms with Gasteiger partial charge in [-0.3, -0.25) is 0 Å². The summed E-state index contributed by atoms with van der Waals surface area (Å²) in [5, 5.41) is 3.27. The summed E-state index contributed by atoms with van der Waals surface area (Å²) >= 11 is 3.16. The van der Waals surface area contributed by atoms with Crippen LogP contribution in [0.2, 0.25) is 0 Å². The lowest BCUT2D eigenvalue weighted by molar-refractivity contribution is -0.137. The maximum atomic E-state index is 12.8. The number of halogens is 4. The summed E-state index contributed by atoms with van der Waals surface area (Å²) in [6.45, 7) is 0. The molecule has 1 fully saturated rings. The van der Waals surface area contributed by atoms with Crippen LogP contribution in [0.15, 0.2) is 22.7 Å². The minimum absolute atomic E-state index is 0.283. The van der Waals surface area contributed by atoms with Gasteiger partial charge >= 0.3 is 6.18 Å². The molecule has 0 amide bonds. The van der Waals surface area contributed by atoms with Crippen LogP contribution < -0.4 is 5.32 Å². The molecule has 5 heteroatoms. The van der Waals surface area contributed by atoms with Gasteiger partial charge in [0.1, 0.15) is 0 Å². The second kappa shape index (κ2) is 6.83. The first-order valence-electron chi connectivity index (χ1n) is 7.09. The van der Waals surface area contributed by atoms with E-state index in [-0.39, 0.29) is 6.04 Å². The van der Waals surface area contributed by atoms with Gasteiger partial charge in [-0.25, -0.2) is 0 Å². The zero-order valence-electron chi connectivity index (χ0n) is 11.3. The Kier molecular flexibility index (Phi) is 5.35. The van der Waals surface area contributed by atoms with Gasteiger partial charge in [-0.2, -0.15) is 13.2 Å². The standard InChI is InChI=1S/C15H19BrF3N/c16-12-8-11(15(17,18)19)9-14(10-12)20-13-6-4-2-1-3-5-7-13/h8-10,13,20H,1-7H2. The average molecular weight is 350 g/mol. The van der Waals surface area contributed by atoms with E-state index in [1.165, 1.54) is 25.3 Å². The highest BCUT2D eigenvalue weighted by Crippen LogP contribution is 2.34. The minimum atomic E-state index is -4.30. The lowest BCUT2D eigenvalue weighted by atomic mass is 9.96. The van der Waals surface area contributed by atoms with Crippen LogP contribution in [-0.4, -0.2) is 6.04 Å². The van der Waals surface area contributed by atoms with Crippen LogP contribution in [0.5, 0.6) is 0 Å². The first-order chi connectivity index (χ1) is 9.45. The molecule has 112 valence electrons. The first-order valence-corrected chi connectivity index (χ1v) is 7.89. The fourth-order valence-corrected chi connectivity index (χ4v) is 3.17. The highest BCUT2D eigenvalue weighted by atomic mass is 79.9. The van der Waals surface area contributed by atoms with E-state index >= 15 is 0 Å². The normalized spacial score (nSPS) is 18.4. The van der Waals surface area contributed by atoms with Gasteiger partial charge < -0.3 is 5.32 Å². The van der Waals surface area contributed by atoms with Crippen LogP contribution >= 0.6 is 15.9 Å². The van der Waals surface area contributed by atoms with Crippen LogP contribution in [0.3, 0.4) is 0 Å². The fraction of sp³-hybridized carbons (Fsp3) is 0.600. The summed E-state index contributed by atoms with van der Waals surface area (Å²) in [5.41, 5.74) is -0.0579. The minimum Gasteiger partial charge on any atom is -0.382 e. The van der Waals surface area contributed by atoms with E-state index in [1.54, 1.807) is 6.07 Å². The lowest BCUT2D eigenvalue weighted by Gasteiger charge is -2.23. The highest BCUT2D eigenvalue weighted by Gasteiger charge is 2.31. The van der Waals surface area contributed by atoms with Crippen LogP contribution in [0.4, 0.5) is 18.9 Å². The molecule has 1 aromatic carbocycles. The zero-order valence-corrected chi connectivity index (χ0v) is 12.9. The van der Waals surface area contributed by atoms with E-state index in [0.29, 0.717) is 10.2 Å². The lowest BCUT2D eigenvalue weighted by Crippen LogP contribution is -2.21. The van der Waals surface area contributed by atoms with E-state index in [2.05, 4.69) is 21.2 Å². The first kappa shape index (κ1) is 15.7. The predicted molar refractivity (Wildman–Crippen MR) is 78.9 cm³/mol. The smallest absolute Gasteiger partial charge is 0.382 e. The second-order valence-electron chi connectivity index (χ2n) is 5.41. The van der Waals surface area contributed by atoms with Crippen LogP contribution in [0, 0.1) is 0 Å². The third-order valence-corrected chi connectivity index (χ3v) is 4.16. The molecule has 0 radical (unpaired) electrons. The molecular formula is C15H19BrF3N. The van der Waals surface area contributed by atoms with Gasteiger partial charge in [0.05, 0.1) is 5.56 Å². The number of alkyl halides is 3. The molecule has 1 saturated carbocycles. The van der Waals surface area contributed by atoms with Crippen LogP contribution in [-0.2, 0) is 6.18 Å². The topological polar surface area (TPSA) is 12.0 Å². The monoisotopic (exact) mass is 349 g/mol. The van der Waals surface area contributed by atoms with Crippen molar-refractivity contribution in [3.63, 3.8) is 0 Å². The Hall–Kier alpha value is -0.710. The van der Waals surface area contributed by atoms with Crippen molar-refractivity contribution in [2.75, 3.05) is 5.32 Å². The van der Waals surface area contributed by atoms with Crippen molar-refractivity contribution in [3.05, 3.63) is 28.2 Å². The Labute approximate surface area is 126 Å².